The van der Waals surface area contributed by atoms with Crippen molar-refractivity contribution in [2.45, 2.75) is 19.4 Å². The van der Waals surface area contributed by atoms with Crippen LogP contribution in [0, 0.1) is 0 Å². The number of rotatable bonds is 6. The molecule has 0 aliphatic carbocycles. The molecule has 2 aromatic carbocycles. The van der Waals surface area contributed by atoms with Crippen LogP contribution in [0.4, 0.5) is 5.69 Å². The summed E-state index contributed by atoms with van der Waals surface area (Å²) >= 11 is 6.21. The normalized spacial score (nSPS) is 11.8. The van der Waals surface area contributed by atoms with E-state index in [-0.39, 0.29) is 6.04 Å². The second-order valence-electron chi connectivity index (χ2n) is 4.70. The summed E-state index contributed by atoms with van der Waals surface area (Å²) in [7, 11) is 3.28. The van der Waals surface area contributed by atoms with Gasteiger partial charge in [-0.25, -0.2) is 0 Å². The zero-order valence-electron chi connectivity index (χ0n) is 12.5. The molecule has 0 aliphatic heterocycles. The van der Waals surface area contributed by atoms with E-state index in [0.717, 1.165) is 34.2 Å². The first-order valence-electron chi connectivity index (χ1n) is 6.92. The third-order valence-corrected chi connectivity index (χ3v) is 3.75. The lowest BCUT2D eigenvalue weighted by Crippen LogP contribution is -2.10. The van der Waals surface area contributed by atoms with Crippen LogP contribution in [0.2, 0.25) is 5.02 Å². The number of ether oxygens (including phenoxy) is 2. The topological polar surface area (TPSA) is 30.5 Å². The van der Waals surface area contributed by atoms with Gasteiger partial charge in [-0.15, -0.1) is 0 Å². The van der Waals surface area contributed by atoms with Crippen LogP contribution < -0.4 is 14.8 Å². The van der Waals surface area contributed by atoms with Crippen LogP contribution >= 0.6 is 11.6 Å². The van der Waals surface area contributed by atoms with Gasteiger partial charge in [0.2, 0.25) is 0 Å². The molecule has 0 amide bonds. The Labute approximate surface area is 130 Å². The van der Waals surface area contributed by atoms with Gasteiger partial charge in [-0.1, -0.05) is 36.7 Å². The summed E-state index contributed by atoms with van der Waals surface area (Å²) in [5.74, 6) is 1.46. The van der Waals surface area contributed by atoms with Gasteiger partial charge in [0.25, 0.3) is 0 Å². The number of para-hydroxylation sites is 1. The number of anilines is 1. The fraction of sp³-hybridized carbons (Fsp3) is 0.294. The van der Waals surface area contributed by atoms with Gasteiger partial charge in [0.15, 0.2) is 11.5 Å². The molecule has 0 spiro atoms. The van der Waals surface area contributed by atoms with Crippen LogP contribution in [0.5, 0.6) is 11.5 Å². The molecule has 0 radical (unpaired) electrons. The summed E-state index contributed by atoms with van der Waals surface area (Å²) in [4.78, 5) is 0. The van der Waals surface area contributed by atoms with Crippen molar-refractivity contribution >= 4 is 17.3 Å². The average molecular weight is 306 g/mol. The second-order valence-corrected chi connectivity index (χ2v) is 5.11. The maximum absolute atomic E-state index is 6.21. The van der Waals surface area contributed by atoms with Crippen LogP contribution in [0.3, 0.4) is 0 Å². The van der Waals surface area contributed by atoms with E-state index in [1.165, 1.54) is 0 Å². The Balaban J connectivity index is 2.27. The number of nitrogens with one attached hydrogen (secondary N) is 1. The first kappa shape index (κ1) is 15.5. The maximum atomic E-state index is 6.21. The summed E-state index contributed by atoms with van der Waals surface area (Å²) in [5, 5.41) is 4.19. The van der Waals surface area contributed by atoms with E-state index in [1.54, 1.807) is 14.2 Å². The predicted octanol–water partition coefficient (Wildman–Crippen LogP) is 4.92. The molecule has 0 fully saturated rings. The van der Waals surface area contributed by atoms with Crippen LogP contribution in [-0.2, 0) is 0 Å². The summed E-state index contributed by atoms with van der Waals surface area (Å²) in [5.41, 5.74) is 2.07. The van der Waals surface area contributed by atoms with E-state index in [4.69, 9.17) is 21.1 Å². The molecule has 0 bridgehead atoms. The second kappa shape index (κ2) is 7.23. The largest absolute Gasteiger partial charge is 0.493 e. The summed E-state index contributed by atoms with van der Waals surface area (Å²) < 4.78 is 10.6. The van der Waals surface area contributed by atoms with E-state index in [2.05, 4.69) is 12.2 Å². The monoisotopic (exact) mass is 305 g/mol. The number of hydrogen-bond donors (Lipinski definition) is 1. The zero-order valence-corrected chi connectivity index (χ0v) is 13.3. The molecule has 0 heterocycles. The molecule has 0 aliphatic rings. The number of halogens is 1. The van der Waals surface area contributed by atoms with Gasteiger partial charge in [-0.3, -0.25) is 0 Å². The molecular formula is C17H20ClNO2. The lowest BCUT2D eigenvalue weighted by Gasteiger charge is -2.21. The fourth-order valence-electron chi connectivity index (χ4n) is 2.26. The number of hydrogen-bond acceptors (Lipinski definition) is 3. The Morgan fingerprint density at radius 3 is 2.38 bits per heavy atom. The zero-order chi connectivity index (χ0) is 15.2. The summed E-state index contributed by atoms with van der Waals surface area (Å²) in [6.07, 6.45) is 0.931. The first-order valence-corrected chi connectivity index (χ1v) is 7.30. The molecule has 0 aromatic heterocycles. The number of benzene rings is 2. The maximum Gasteiger partial charge on any atom is 0.161 e. The Kier molecular flexibility index (Phi) is 5.34. The lowest BCUT2D eigenvalue weighted by molar-refractivity contribution is 0.354. The Morgan fingerprint density at radius 2 is 1.76 bits per heavy atom. The highest BCUT2D eigenvalue weighted by molar-refractivity contribution is 6.33. The minimum atomic E-state index is 0.157. The van der Waals surface area contributed by atoms with Crippen molar-refractivity contribution in [3.8, 4) is 11.5 Å². The Hall–Kier alpha value is -1.87. The van der Waals surface area contributed by atoms with E-state index in [1.807, 2.05) is 42.5 Å². The van der Waals surface area contributed by atoms with Crippen molar-refractivity contribution in [2.75, 3.05) is 19.5 Å². The van der Waals surface area contributed by atoms with Gasteiger partial charge >= 0.3 is 0 Å². The molecule has 112 valence electrons. The summed E-state index contributed by atoms with van der Waals surface area (Å²) in [6.45, 7) is 2.13. The molecule has 1 N–H and O–H groups in total. The van der Waals surface area contributed by atoms with Crippen molar-refractivity contribution in [1.29, 1.82) is 0 Å². The molecule has 0 saturated heterocycles. The number of methoxy groups -OCH3 is 2. The molecule has 2 rings (SSSR count). The van der Waals surface area contributed by atoms with Gasteiger partial charge in [0.05, 0.1) is 31.0 Å². The van der Waals surface area contributed by atoms with Crippen LogP contribution in [0.15, 0.2) is 42.5 Å². The third kappa shape index (κ3) is 3.61. The van der Waals surface area contributed by atoms with Gasteiger partial charge < -0.3 is 14.8 Å². The predicted molar refractivity (Wildman–Crippen MR) is 87.7 cm³/mol. The van der Waals surface area contributed by atoms with Crippen molar-refractivity contribution < 1.29 is 9.47 Å². The van der Waals surface area contributed by atoms with Crippen molar-refractivity contribution in [3.05, 3.63) is 53.1 Å². The first-order chi connectivity index (χ1) is 10.2. The molecule has 4 heteroatoms. The van der Waals surface area contributed by atoms with Gasteiger partial charge in [0, 0.05) is 0 Å². The van der Waals surface area contributed by atoms with Gasteiger partial charge in [-0.05, 0) is 36.2 Å². The lowest BCUT2D eigenvalue weighted by atomic mass is 10.0. The summed E-state index contributed by atoms with van der Waals surface area (Å²) in [6, 6.07) is 13.9. The fourth-order valence-corrected chi connectivity index (χ4v) is 2.45. The van der Waals surface area contributed by atoms with Crippen LogP contribution in [-0.4, -0.2) is 14.2 Å². The minimum Gasteiger partial charge on any atom is -0.493 e. The molecule has 2 aromatic rings. The molecule has 1 unspecified atom stereocenters. The molecular weight excluding hydrogens is 286 g/mol. The third-order valence-electron chi connectivity index (χ3n) is 3.42. The van der Waals surface area contributed by atoms with Crippen molar-refractivity contribution in [1.82, 2.24) is 0 Å². The van der Waals surface area contributed by atoms with Crippen molar-refractivity contribution in [3.63, 3.8) is 0 Å². The van der Waals surface area contributed by atoms with Crippen LogP contribution in [0.25, 0.3) is 0 Å². The smallest absolute Gasteiger partial charge is 0.161 e. The van der Waals surface area contributed by atoms with E-state index >= 15 is 0 Å². The van der Waals surface area contributed by atoms with E-state index < -0.39 is 0 Å². The highest BCUT2D eigenvalue weighted by atomic mass is 35.5. The van der Waals surface area contributed by atoms with E-state index in [0.29, 0.717) is 0 Å². The Morgan fingerprint density at radius 1 is 1.05 bits per heavy atom. The average Bonchev–Trinajstić information content (AvgIpc) is 2.53. The van der Waals surface area contributed by atoms with Crippen LogP contribution in [0.1, 0.15) is 24.9 Å². The highest BCUT2D eigenvalue weighted by Crippen LogP contribution is 2.33. The standard InChI is InChI=1S/C17H20ClNO2/c1-4-14(19-15-8-6-5-7-13(15)18)12-9-10-16(20-2)17(11-12)21-3/h5-11,14,19H,4H2,1-3H3. The minimum absolute atomic E-state index is 0.157. The molecule has 0 saturated carbocycles. The van der Waals surface area contributed by atoms with Crippen molar-refractivity contribution in [2.24, 2.45) is 0 Å². The van der Waals surface area contributed by atoms with E-state index in [9.17, 15) is 0 Å². The van der Waals surface area contributed by atoms with Gasteiger partial charge in [0.1, 0.15) is 0 Å². The van der Waals surface area contributed by atoms with Gasteiger partial charge in [-0.2, -0.15) is 0 Å². The molecule has 21 heavy (non-hydrogen) atoms. The molecule has 1 atom stereocenters. The Bertz CT molecular complexity index is 601. The SMILES string of the molecule is CCC(Nc1ccccc1Cl)c1ccc(OC)c(OC)c1. The molecule has 3 nitrogen and oxygen atoms in total. The quantitative estimate of drug-likeness (QED) is 0.821. The highest BCUT2D eigenvalue weighted by Gasteiger charge is 2.13.